The summed E-state index contributed by atoms with van der Waals surface area (Å²) in [6.07, 6.45) is 20.7. The van der Waals surface area contributed by atoms with Crippen molar-refractivity contribution in [1.82, 2.24) is 44.9 Å². The van der Waals surface area contributed by atoms with Crippen molar-refractivity contribution in [3.63, 3.8) is 0 Å². The molecule has 6 aromatic heterocycles. The molecule has 10 nitrogen and oxygen atoms in total. The van der Waals surface area contributed by atoms with Gasteiger partial charge in [0.1, 0.15) is 6.29 Å². The third-order valence-electron chi connectivity index (χ3n) is 13.5. The molecule has 0 spiro atoms. The fraction of sp³-hybridized carbons (Fsp3) is 0.154. The summed E-state index contributed by atoms with van der Waals surface area (Å²) in [6.45, 7) is 6.69. The van der Waals surface area contributed by atoms with Crippen molar-refractivity contribution in [2.75, 3.05) is 0 Å². The van der Waals surface area contributed by atoms with Gasteiger partial charge in [-0.1, -0.05) is 149 Å². The summed E-state index contributed by atoms with van der Waals surface area (Å²) in [5.74, 6) is 0.122. The third kappa shape index (κ3) is 11.6. The summed E-state index contributed by atoms with van der Waals surface area (Å²) in [5, 5.41) is 3.90. The number of carbonyl (C=O) groups excluding carboxylic acids is 1. The van der Waals surface area contributed by atoms with Crippen LogP contribution in [-0.2, 0) is 6.42 Å². The molecule has 0 saturated heterocycles. The van der Waals surface area contributed by atoms with Crippen LogP contribution in [0.2, 0.25) is 0 Å². The number of H-pyrrole nitrogens is 3. The van der Waals surface area contributed by atoms with Gasteiger partial charge in [-0.3, -0.25) is 19.7 Å². The molecule has 0 radical (unpaired) electrons. The van der Waals surface area contributed by atoms with Crippen LogP contribution in [0.25, 0.3) is 32.7 Å². The minimum Gasteiger partial charge on any atom is -0.348 e. The van der Waals surface area contributed by atoms with E-state index in [0.717, 1.165) is 68.2 Å². The number of fused-ring (bicyclic) bond motifs is 3. The predicted molar refractivity (Wildman–Crippen MR) is 308 cm³/mol. The van der Waals surface area contributed by atoms with Crippen molar-refractivity contribution >= 4 is 50.8 Å². The topological polar surface area (TPSA) is 142 Å². The zero-order valence-corrected chi connectivity index (χ0v) is 43.6. The molecule has 0 saturated carbocycles. The van der Waals surface area contributed by atoms with Crippen LogP contribution in [0.4, 0.5) is 0 Å². The van der Waals surface area contributed by atoms with Gasteiger partial charge in [-0.15, -0.1) is 11.8 Å². The van der Waals surface area contributed by atoms with E-state index in [4.69, 9.17) is 9.97 Å². The Morgan fingerprint density at radius 1 is 0.526 bits per heavy atom. The Balaban J connectivity index is 0.000000130. The standard InChI is InChI=1S/C23H23N3.C22H21N3S.C20H15N3O/c1-2-3-8-17-13-19-11-7-12-25-23(19)20(14-17)22(21-15-24-16-26-21)18-9-5-4-6-10-18;1-15(2)26-19-11-10-17-9-6-12-24-22(17)21(19)20(18-13-23-14-25-18)16-7-4-3-5-8-16;24-12-14-9-17(16-7-4-8-22-18(16)10-14)20(19-11-21-13-23-19)15-5-2-1-3-6-15/h4-7,9-16,22H,2-3,8H2,1H3,(H,24,26);3-15,20H,1-2H3,(H,23,25);1-13,20H,(H,21,23). The van der Waals surface area contributed by atoms with Gasteiger partial charge in [0, 0.05) is 91.7 Å². The zero-order valence-electron chi connectivity index (χ0n) is 42.8. The minimum atomic E-state index is -0.0414. The van der Waals surface area contributed by atoms with E-state index in [1.807, 2.05) is 97.3 Å². The third-order valence-corrected chi connectivity index (χ3v) is 14.5. The van der Waals surface area contributed by atoms with Crippen molar-refractivity contribution in [3.05, 3.63) is 282 Å². The average molecular weight is 1010 g/mol. The maximum Gasteiger partial charge on any atom is 0.150 e. The van der Waals surface area contributed by atoms with E-state index >= 15 is 0 Å². The van der Waals surface area contributed by atoms with E-state index in [1.54, 1.807) is 25.2 Å². The largest absolute Gasteiger partial charge is 0.348 e. The number of aromatic amines is 3. The number of aryl methyl sites for hydroxylation is 1. The van der Waals surface area contributed by atoms with Crippen LogP contribution in [0.3, 0.4) is 0 Å². The number of aromatic nitrogens is 9. The molecule has 12 rings (SSSR count). The Labute approximate surface area is 447 Å². The first-order valence-electron chi connectivity index (χ1n) is 25.8. The van der Waals surface area contributed by atoms with E-state index < -0.39 is 0 Å². The molecule has 76 heavy (non-hydrogen) atoms. The molecule has 0 aliphatic heterocycles. The van der Waals surface area contributed by atoms with E-state index in [-0.39, 0.29) is 17.8 Å². The molecule has 3 atom stereocenters. The molecule has 0 aliphatic carbocycles. The van der Waals surface area contributed by atoms with E-state index in [2.05, 4.69) is 165 Å². The molecular formula is C65H59N9OS. The van der Waals surface area contributed by atoms with Crippen molar-refractivity contribution in [2.24, 2.45) is 0 Å². The van der Waals surface area contributed by atoms with Gasteiger partial charge < -0.3 is 15.0 Å². The second-order valence-electron chi connectivity index (χ2n) is 18.9. The van der Waals surface area contributed by atoms with Crippen molar-refractivity contribution in [2.45, 2.75) is 67.9 Å². The highest BCUT2D eigenvalue weighted by molar-refractivity contribution is 8.00. The highest BCUT2D eigenvalue weighted by Gasteiger charge is 2.26. The van der Waals surface area contributed by atoms with E-state index in [0.29, 0.717) is 10.8 Å². The lowest BCUT2D eigenvalue weighted by molar-refractivity contribution is 0.112. The Bertz CT molecular complexity index is 3740. The summed E-state index contributed by atoms with van der Waals surface area (Å²) in [4.78, 5) is 49.2. The fourth-order valence-electron chi connectivity index (χ4n) is 10.1. The molecule has 6 heterocycles. The molecule has 6 aromatic carbocycles. The number of nitrogens with one attached hydrogen (secondary N) is 3. The maximum atomic E-state index is 11.4. The van der Waals surface area contributed by atoms with Crippen LogP contribution in [0, 0.1) is 0 Å². The van der Waals surface area contributed by atoms with Crippen molar-refractivity contribution in [3.8, 4) is 0 Å². The number of aldehydes is 1. The first kappa shape index (κ1) is 50.7. The van der Waals surface area contributed by atoms with Crippen molar-refractivity contribution in [1.29, 1.82) is 0 Å². The lowest BCUT2D eigenvalue weighted by Gasteiger charge is -2.22. The first-order chi connectivity index (χ1) is 37.5. The fourth-order valence-corrected chi connectivity index (χ4v) is 11.1. The molecule has 12 aromatic rings. The predicted octanol–water partition coefficient (Wildman–Crippen LogP) is 15.1. The second-order valence-corrected chi connectivity index (χ2v) is 20.6. The monoisotopic (exact) mass is 1010 g/mol. The second kappa shape index (κ2) is 24.5. The smallest absolute Gasteiger partial charge is 0.150 e. The van der Waals surface area contributed by atoms with Gasteiger partial charge in [-0.25, -0.2) is 15.0 Å². The number of rotatable bonds is 15. The molecule has 0 fully saturated rings. The van der Waals surface area contributed by atoms with Gasteiger partial charge in [0.2, 0.25) is 0 Å². The molecular weight excluding hydrogens is 955 g/mol. The first-order valence-corrected chi connectivity index (χ1v) is 26.7. The van der Waals surface area contributed by atoms with Gasteiger partial charge in [-0.2, -0.15) is 0 Å². The zero-order chi connectivity index (χ0) is 52.1. The number of thioether (sulfide) groups is 1. The number of imidazole rings is 3. The molecule has 3 N–H and O–H groups in total. The summed E-state index contributed by atoms with van der Waals surface area (Å²) in [6, 6.07) is 56.4. The SMILES string of the molecule is CC(C)Sc1ccc2cccnc2c1C(c1ccccc1)c1cnc[nH]1.CCCCc1cc(C(c2ccccc2)c2cnc[nH]2)c2ncccc2c1.O=Cc1cc(C(c2ccccc2)c2cnc[nH]2)c2cccnc2c1. The Morgan fingerprint density at radius 2 is 1.07 bits per heavy atom. The lowest BCUT2D eigenvalue weighted by atomic mass is 9.85. The number of carbonyl (C=O) groups is 1. The molecule has 0 amide bonds. The molecule has 0 aliphatic rings. The number of hydrogen-bond acceptors (Lipinski definition) is 8. The van der Waals surface area contributed by atoms with Crippen LogP contribution >= 0.6 is 11.8 Å². The van der Waals surface area contributed by atoms with Crippen molar-refractivity contribution < 1.29 is 4.79 Å². The normalized spacial score (nSPS) is 12.4. The number of hydrogen-bond donors (Lipinski definition) is 3. The molecule has 11 heteroatoms. The quantitative estimate of drug-likeness (QED) is 0.0681. The molecule has 0 bridgehead atoms. The number of nitrogens with zero attached hydrogens (tertiary/aromatic N) is 6. The Hall–Kier alpha value is -8.80. The Kier molecular flexibility index (Phi) is 16.3. The summed E-state index contributed by atoms with van der Waals surface area (Å²) in [5.41, 5.74) is 15.2. The van der Waals surface area contributed by atoms with Crippen LogP contribution < -0.4 is 0 Å². The molecule has 3 unspecified atom stereocenters. The summed E-state index contributed by atoms with van der Waals surface area (Å²) >= 11 is 1.89. The van der Waals surface area contributed by atoms with Crippen LogP contribution in [-0.4, -0.2) is 56.4 Å². The molecule has 376 valence electrons. The summed E-state index contributed by atoms with van der Waals surface area (Å²) in [7, 11) is 0. The number of benzene rings is 6. The van der Waals surface area contributed by atoms with Gasteiger partial charge in [0.25, 0.3) is 0 Å². The average Bonchev–Trinajstić information content (AvgIpc) is 4.32. The lowest BCUT2D eigenvalue weighted by Crippen LogP contribution is -2.08. The van der Waals surface area contributed by atoms with E-state index in [1.165, 1.54) is 50.9 Å². The van der Waals surface area contributed by atoms with Crippen LogP contribution in [0.1, 0.15) is 118 Å². The highest BCUT2D eigenvalue weighted by Crippen LogP contribution is 2.42. The van der Waals surface area contributed by atoms with Gasteiger partial charge in [0.05, 0.1) is 53.3 Å². The summed E-state index contributed by atoms with van der Waals surface area (Å²) < 4.78 is 0. The Morgan fingerprint density at radius 3 is 1.63 bits per heavy atom. The van der Waals surface area contributed by atoms with Gasteiger partial charge in [-0.05, 0) is 88.7 Å². The highest BCUT2D eigenvalue weighted by atomic mass is 32.2. The maximum absolute atomic E-state index is 11.4. The van der Waals surface area contributed by atoms with Gasteiger partial charge in [0.15, 0.2) is 0 Å². The number of unbranched alkanes of at least 4 members (excludes halogenated alkanes) is 1. The van der Waals surface area contributed by atoms with Crippen LogP contribution in [0.5, 0.6) is 0 Å². The number of pyridine rings is 3. The van der Waals surface area contributed by atoms with Gasteiger partial charge >= 0.3 is 0 Å². The van der Waals surface area contributed by atoms with Crippen LogP contribution in [0.15, 0.2) is 225 Å². The minimum absolute atomic E-state index is 0.0414. The van der Waals surface area contributed by atoms with E-state index in [9.17, 15) is 4.79 Å².